The molecule has 1 saturated heterocycles. The Morgan fingerprint density at radius 1 is 1.46 bits per heavy atom. The molecule has 13 heavy (non-hydrogen) atoms. The van der Waals surface area contributed by atoms with E-state index in [9.17, 15) is 4.79 Å². The maximum atomic E-state index is 10.2. The number of rotatable bonds is 5. The predicted molar refractivity (Wildman–Crippen MR) is 54.6 cm³/mol. The summed E-state index contributed by atoms with van der Waals surface area (Å²) in [5.41, 5.74) is 0. The van der Waals surface area contributed by atoms with Gasteiger partial charge in [-0.1, -0.05) is 28.0 Å². The molecule has 0 radical (unpaired) electrons. The first-order valence-corrected chi connectivity index (χ1v) is 6.67. The first-order valence-electron chi connectivity index (χ1n) is 4.29. The van der Waals surface area contributed by atoms with E-state index in [4.69, 9.17) is 5.11 Å². The Morgan fingerprint density at radius 3 is 2.77 bits per heavy atom. The molecule has 1 N–H and O–H groups in total. The topological polar surface area (TPSA) is 37.3 Å². The van der Waals surface area contributed by atoms with Gasteiger partial charge in [0.25, 0.3) is 0 Å². The van der Waals surface area contributed by atoms with Crippen LogP contribution in [-0.4, -0.2) is 22.1 Å². The van der Waals surface area contributed by atoms with Crippen LogP contribution in [0.15, 0.2) is 0 Å². The van der Waals surface area contributed by atoms with Crippen LogP contribution in [0.1, 0.15) is 32.1 Å². The SMILES string of the molecule is O=C(O)CCCC[C@@H]1CCSS1.[Pd]. The molecule has 1 fully saturated rings. The molecule has 0 amide bonds. The zero-order chi connectivity index (χ0) is 8.81. The van der Waals surface area contributed by atoms with Crippen molar-refractivity contribution in [2.75, 3.05) is 5.75 Å². The van der Waals surface area contributed by atoms with Gasteiger partial charge in [-0.3, -0.25) is 4.79 Å². The molecule has 1 aliphatic rings. The van der Waals surface area contributed by atoms with Crippen molar-refractivity contribution < 1.29 is 30.3 Å². The number of hydrogen-bond donors (Lipinski definition) is 1. The summed E-state index contributed by atoms with van der Waals surface area (Å²) in [5.74, 6) is 0.609. The fourth-order valence-electron chi connectivity index (χ4n) is 1.21. The van der Waals surface area contributed by atoms with E-state index in [1.165, 1.54) is 18.6 Å². The van der Waals surface area contributed by atoms with Crippen molar-refractivity contribution >= 4 is 27.6 Å². The molecule has 80 valence electrons. The van der Waals surface area contributed by atoms with E-state index in [0.717, 1.165) is 18.1 Å². The van der Waals surface area contributed by atoms with Crippen molar-refractivity contribution in [2.45, 2.75) is 37.4 Å². The van der Waals surface area contributed by atoms with Gasteiger partial charge in [-0.2, -0.15) is 0 Å². The summed E-state index contributed by atoms with van der Waals surface area (Å²) in [4.78, 5) is 10.2. The number of carbonyl (C=O) groups is 1. The minimum absolute atomic E-state index is 0. The quantitative estimate of drug-likeness (QED) is 0.481. The van der Waals surface area contributed by atoms with Crippen LogP contribution in [0.25, 0.3) is 0 Å². The summed E-state index contributed by atoms with van der Waals surface area (Å²) in [6, 6.07) is 0. The number of aliphatic carboxylic acids is 1. The van der Waals surface area contributed by atoms with Crippen molar-refractivity contribution in [1.29, 1.82) is 0 Å². The molecule has 0 unspecified atom stereocenters. The Kier molecular flexibility index (Phi) is 8.69. The zero-order valence-corrected chi connectivity index (χ0v) is 10.5. The average molecular weight is 313 g/mol. The molecular weight excluding hydrogens is 299 g/mol. The minimum Gasteiger partial charge on any atom is -0.481 e. The van der Waals surface area contributed by atoms with E-state index in [1.807, 2.05) is 21.6 Å². The standard InChI is InChI=1S/C8H14O2S2.Pd/c9-8(10)4-2-1-3-7-5-6-11-12-7;/h7H,1-6H2,(H,9,10);/t7-;/m1./s1. The van der Waals surface area contributed by atoms with Gasteiger partial charge >= 0.3 is 5.97 Å². The monoisotopic (exact) mass is 312 g/mol. The van der Waals surface area contributed by atoms with E-state index < -0.39 is 5.97 Å². The molecule has 0 bridgehead atoms. The van der Waals surface area contributed by atoms with E-state index >= 15 is 0 Å². The Hall–Kier alpha value is 0.832. The Labute approximate surface area is 101 Å². The second-order valence-corrected chi connectivity index (χ2v) is 5.76. The molecule has 1 aliphatic heterocycles. The molecule has 1 atom stereocenters. The predicted octanol–water partition coefficient (Wildman–Crippen LogP) is 2.78. The number of carboxylic acids is 1. The first-order chi connectivity index (χ1) is 5.79. The minimum atomic E-state index is -0.663. The number of carboxylic acid groups (broad SMARTS) is 1. The molecule has 0 aromatic carbocycles. The van der Waals surface area contributed by atoms with Gasteiger partial charge in [-0.05, 0) is 19.3 Å². The van der Waals surface area contributed by atoms with Crippen LogP contribution in [0, 0.1) is 0 Å². The van der Waals surface area contributed by atoms with Gasteiger partial charge in [0.05, 0.1) is 0 Å². The molecule has 5 heteroatoms. The van der Waals surface area contributed by atoms with Crippen molar-refractivity contribution in [3.63, 3.8) is 0 Å². The van der Waals surface area contributed by atoms with Crippen LogP contribution >= 0.6 is 21.6 Å². The molecule has 2 nitrogen and oxygen atoms in total. The van der Waals surface area contributed by atoms with E-state index in [2.05, 4.69) is 0 Å². The van der Waals surface area contributed by atoms with Crippen molar-refractivity contribution in [3.05, 3.63) is 0 Å². The van der Waals surface area contributed by atoms with Crippen molar-refractivity contribution in [3.8, 4) is 0 Å². The van der Waals surface area contributed by atoms with Gasteiger partial charge in [0.1, 0.15) is 0 Å². The third-order valence-electron chi connectivity index (χ3n) is 1.89. The fraction of sp³-hybridized carbons (Fsp3) is 0.875. The Morgan fingerprint density at radius 2 is 2.23 bits per heavy atom. The second-order valence-electron chi connectivity index (χ2n) is 2.97. The third-order valence-corrected chi connectivity index (χ3v) is 4.90. The molecule has 1 rings (SSSR count). The summed E-state index contributed by atoms with van der Waals surface area (Å²) in [7, 11) is 3.92. The Balaban J connectivity index is 0.00000144. The van der Waals surface area contributed by atoms with Crippen molar-refractivity contribution in [2.24, 2.45) is 0 Å². The average Bonchev–Trinajstić information content (AvgIpc) is 2.49. The first kappa shape index (κ1) is 13.8. The van der Waals surface area contributed by atoms with Gasteiger partial charge < -0.3 is 5.11 Å². The van der Waals surface area contributed by atoms with Gasteiger partial charge in [0.15, 0.2) is 0 Å². The van der Waals surface area contributed by atoms with Crippen LogP contribution in [0.3, 0.4) is 0 Å². The fourth-order valence-corrected chi connectivity index (χ4v) is 4.24. The number of unbranched alkanes of at least 4 members (excludes halogenated alkanes) is 1. The molecular formula is C8H14O2PdS2. The third kappa shape index (κ3) is 6.84. The van der Waals surface area contributed by atoms with Crippen LogP contribution in [0.5, 0.6) is 0 Å². The molecule has 0 aromatic rings. The van der Waals surface area contributed by atoms with Gasteiger partial charge in [-0.25, -0.2) is 0 Å². The smallest absolute Gasteiger partial charge is 0.303 e. The van der Waals surface area contributed by atoms with Gasteiger partial charge in [0.2, 0.25) is 0 Å². The molecule has 0 aliphatic carbocycles. The van der Waals surface area contributed by atoms with E-state index in [0.29, 0.717) is 6.42 Å². The van der Waals surface area contributed by atoms with E-state index in [-0.39, 0.29) is 20.4 Å². The zero-order valence-electron chi connectivity index (χ0n) is 7.31. The van der Waals surface area contributed by atoms with E-state index in [1.54, 1.807) is 0 Å². The van der Waals surface area contributed by atoms with Crippen LogP contribution in [-0.2, 0) is 25.2 Å². The summed E-state index contributed by atoms with van der Waals surface area (Å²) in [6.45, 7) is 0. The summed E-state index contributed by atoms with van der Waals surface area (Å²) >= 11 is 0. The molecule has 1 heterocycles. The second kappa shape index (κ2) is 8.17. The number of hydrogen-bond acceptors (Lipinski definition) is 3. The van der Waals surface area contributed by atoms with Gasteiger partial charge in [-0.15, -0.1) is 0 Å². The molecule has 0 aromatic heterocycles. The maximum absolute atomic E-state index is 10.2. The maximum Gasteiger partial charge on any atom is 0.303 e. The Bertz CT molecular complexity index is 149. The van der Waals surface area contributed by atoms with Crippen molar-refractivity contribution in [1.82, 2.24) is 0 Å². The van der Waals surface area contributed by atoms with Crippen LogP contribution in [0.2, 0.25) is 0 Å². The largest absolute Gasteiger partial charge is 0.481 e. The summed E-state index contributed by atoms with van der Waals surface area (Å²) in [6.07, 6.45) is 4.76. The molecule has 0 saturated carbocycles. The van der Waals surface area contributed by atoms with Crippen LogP contribution < -0.4 is 0 Å². The van der Waals surface area contributed by atoms with Crippen LogP contribution in [0.4, 0.5) is 0 Å². The molecule has 0 spiro atoms. The summed E-state index contributed by atoms with van der Waals surface area (Å²) < 4.78 is 0. The normalized spacial score (nSPS) is 21.1. The summed E-state index contributed by atoms with van der Waals surface area (Å²) in [5, 5.41) is 9.19. The van der Waals surface area contributed by atoms with Gasteiger partial charge in [0, 0.05) is 37.8 Å².